The molecule has 0 saturated heterocycles. The highest BCUT2D eigenvalue weighted by Crippen LogP contribution is 2.33. The van der Waals surface area contributed by atoms with Crippen LogP contribution in [0.3, 0.4) is 0 Å². The average molecular weight is 344 g/mol. The molecule has 1 aliphatic heterocycles. The zero-order valence-electron chi connectivity index (χ0n) is 14.8. The van der Waals surface area contributed by atoms with E-state index in [0.29, 0.717) is 11.5 Å². The lowest BCUT2D eigenvalue weighted by Crippen LogP contribution is -2.36. The number of carbonyl (C=O) groups is 1. The predicted octanol–water partition coefficient (Wildman–Crippen LogP) is 4.12. The third-order valence-electron chi connectivity index (χ3n) is 4.72. The summed E-state index contributed by atoms with van der Waals surface area (Å²) in [4.78, 5) is 23.4. The first-order valence-electron chi connectivity index (χ1n) is 8.69. The number of para-hydroxylation sites is 2. The number of benzene rings is 2. The molecule has 5 heteroatoms. The van der Waals surface area contributed by atoms with Crippen LogP contribution in [0.5, 0.6) is 0 Å². The van der Waals surface area contributed by atoms with Crippen LogP contribution in [0.15, 0.2) is 60.9 Å². The van der Waals surface area contributed by atoms with E-state index >= 15 is 0 Å². The maximum atomic E-state index is 13.1. The molecule has 1 N–H and O–H groups in total. The molecular weight excluding hydrogens is 324 g/mol. The van der Waals surface area contributed by atoms with Gasteiger partial charge in [-0.1, -0.05) is 36.4 Å². The molecule has 4 rings (SSSR count). The number of rotatable bonds is 3. The number of amides is 1. The molecule has 3 aromatic rings. The standard InChI is InChI=1S/C21H20N4O/c1-14-7-3-5-9-17(14)24-20-12-18(22-13-23-20)21(26)25-15(2)11-16-8-4-6-10-19(16)25/h3-10,12-13,15H,11H2,1-2H3,(H,22,23,24). The molecule has 0 saturated carbocycles. The van der Waals surface area contributed by atoms with E-state index in [-0.39, 0.29) is 11.9 Å². The van der Waals surface area contributed by atoms with Crippen molar-refractivity contribution in [2.24, 2.45) is 0 Å². The van der Waals surface area contributed by atoms with Crippen LogP contribution in [0.4, 0.5) is 17.2 Å². The van der Waals surface area contributed by atoms with Crippen LogP contribution < -0.4 is 10.2 Å². The molecule has 130 valence electrons. The van der Waals surface area contributed by atoms with Crippen LogP contribution in [-0.2, 0) is 6.42 Å². The summed E-state index contributed by atoms with van der Waals surface area (Å²) >= 11 is 0. The first-order valence-corrected chi connectivity index (χ1v) is 8.69. The fraction of sp³-hybridized carbons (Fsp3) is 0.190. The maximum Gasteiger partial charge on any atom is 0.277 e. The van der Waals surface area contributed by atoms with Gasteiger partial charge in [0.25, 0.3) is 5.91 Å². The number of carbonyl (C=O) groups excluding carboxylic acids is 1. The molecule has 26 heavy (non-hydrogen) atoms. The van der Waals surface area contributed by atoms with Gasteiger partial charge < -0.3 is 10.2 Å². The second kappa shape index (κ2) is 6.59. The number of aromatic nitrogens is 2. The normalized spacial score (nSPS) is 15.6. The SMILES string of the molecule is Cc1ccccc1Nc1cc(C(=O)N2c3ccccc3CC2C)ncn1. The number of hydrogen-bond acceptors (Lipinski definition) is 4. The molecule has 1 amide bonds. The summed E-state index contributed by atoms with van der Waals surface area (Å²) in [6, 6.07) is 17.8. The van der Waals surface area contributed by atoms with Crippen molar-refractivity contribution in [3.8, 4) is 0 Å². The molecule has 0 fully saturated rings. The highest BCUT2D eigenvalue weighted by molar-refractivity contribution is 6.06. The molecule has 0 aliphatic carbocycles. The number of nitrogens with one attached hydrogen (secondary N) is 1. The Morgan fingerprint density at radius 2 is 1.88 bits per heavy atom. The van der Waals surface area contributed by atoms with Gasteiger partial charge in [0.05, 0.1) is 0 Å². The smallest absolute Gasteiger partial charge is 0.277 e. The first-order chi connectivity index (χ1) is 12.6. The molecule has 0 spiro atoms. The van der Waals surface area contributed by atoms with Crippen molar-refractivity contribution < 1.29 is 4.79 Å². The van der Waals surface area contributed by atoms with Crippen LogP contribution in [0.1, 0.15) is 28.5 Å². The van der Waals surface area contributed by atoms with Gasteiger partial charge >= 0.3 is 0 Å². The Kier molecular flexibility index (Phi) is 4.13. The minimum Gasteiger partial charge on any atom is -0.340 e. The summed E-state index contributed by atoms with van der Waals surface area (Å²) in [6.45, 7) is 4.09. The highest BCUT2D eigenvalue weighted by atomic mass is 16.2. The van der Waals surface area contributed by atoms with Gasteiger partial charge in [0, 0.05) is 23.5 Å². The second-order valence-electron chi connectivity index (χ2n) is 6.59. The van der Waals surface area contributed by atoms with Crippen molar-refractivity contribution in [3.05, 3.63) is 77.7 Å². The zero-order chi connectivity index (χ0) is 18.1. The second-order valence-corrected chi connectivity index (χ2v) is 6.59. The van der Waals surface area contributed by atoms with E-state index in [1.807, 2.05) is 54.3 Å². The van der Waals surface area contributed by atoms with E-state index in [0.717, 1.165) is 23.4 Å². The molecule has 2 heterocycles. The molecule has 1 unspecified atom stereocenters. The summed E-state index contributed by atoms with van der Waals surface area (Å²) in [6.07, 6.45) is 2.29. The average Bonchev–Trinajstić information content (AvgIpc) is 2.99. The molecule has 1 aliphatic rings. The van der Waals surface area contributed by atoms with Crippen LogP contribution in [-0.4, -0.2) is 21.9 Å². The summed E-state index contributed by atoms with van der Waals surface area (Å²) in [5.41, 5.74) is 4.63. The summed E-state index contributed by atoms with van der Waals surface area (Å²) in [5, 5.41) is 3.27. The van der Waals surface area contributed by atoms with Crippen LogP contribution in [0.25, 0.3) is 0 Å². The quantitative estimate of drug-likeness (QED) is 0.776. The fourth-order valence-corrected chi connectivity index (χ4v) is 3.39. The van der Waals surface area contributed by atoms with Crippen molar-refractivity contribution in [2.45, 2.75) is 26.3 Å². The Labute approximate surface area is 152 Å². The molecule has 1 aromatic heterocycles. The molecule has 0 bridgehead atoms. The molecule has 0 radical (unpaired) electrons. The van der Waals surface area contributed by atoms with E-state index in [1.54, 1.807) is 6.07 Å². The third-order valence-corrected chi connectivity index (χ3v) is 4.72. The van der Waals surface area contributed by atoms with Gasteiger partial charge in [0.15, 0.2) is 0 Å². The van der Waals surface area contributed by atoms with Crippen molar-refractivity contribution in [1.29, 1.82) is 0 Å². The summed E-state index contributed by atoms with van der Waals surface area (Å²) in [7, 11) is 0. The highest BCUT2D eigenvalue weighted by Gasteiger charge is 2.31. The zero-order valence-corrected chi connectivity index (χ0v) is 14.8. The largest absolute Gasteiger partial charge is 0.340 e. The Hall–Kier alpha value is -3.21. The van der Waals surface area contributed by atoms with Gasteiger partial charge in [-0.25, -0.2) is 9.97 Å². The number of nitrogens with zero attached hydrogens (tertiary/aromatic N) is 3. The Morgan fingerprint density at radius 1 is 1.12 bits per heavy atom. The lowest BCUT2D eigenvalue weighted by molar-refractivity contribution is 0.0976. The van der Waals surface area contributed by atoms with Crippen molar-refractivity contribution >= 4 is 23.1 Å². The Balaban J connectivity index is 1.63. The van der Waals surface area contributed by atoms with Crippen molar-refractivity contribution in [1.82, 2.24) is 9.97 Å². The van der Waals surface area contributed by atoms with Gasteiger partial charge in [-0.2, -0.15) is 0 Å². The number of fused-ring (bicyclic) bond motifs is 1. The topological polar surface area (TPSA) is 58.1 Å². The van der Waals surface area contributed by atoms with Gasteiger partial charge in [-0.3, -0.25) is 4.79 Å². The Morgan fingerprint density at radius 3 is 2.73 bits per heavy atom. The number of aryl methyl sites for hydroxylation is 1. The molecular formula is C21H20N4O. The lowest BCUT2D eigenvalue weighted by atomic mass is 10.1. The fourth-order valence-electron chi connectivity index (χ4n) is 3.39. The maximum absolute atomic E-state index is 13.1. The van der Waals surface area contributed by atoms with Gasteiger partial charge in [-0.15, -0.1) is 0 Å². The van der Waals surface area contributed by atoms with E-state index in [4.69, 9.17) is 0 Å². The van der Waals surface area contributed by atoms with Crippen molar-refractivity contribution in [3.63, 3.8) is 0 Å². The summed E-state index contributed by atoms with van der Waals surface area (Å²) < 4.78 is 0. The van der Waals surface area contributed by atoms with Crippen molar-refractivity contribution in [2.75, 3.05) is 10.2 Å². The van der Waals surface area contributed by atoms with Gasteiger partial charge in [0.2, 0.25) is 0 Å². The summed E-state index contributed by atoms with van der Waals surface area (Å²) in [5.74, 6) is 0.510. The Bertz CT molecular complexity index is 969. The van der Waals surface area contributed by atoms with E-state index in [1.165, 1.54) is 11.9 Å². The van der Waals surface area contributed by atoms with E-state index < -0.39 is 0 Å². The van der Waals surface area contributed by atoms with Crippen LogP contribution in [0.2, 0.25) is 0 Å². The van der Waals surface area contributed by atoms with E-state index in [2.05, 4.69) is 28.3 Å². The first kappa shape index (κ1) is 16.3. The van der Waals surface area contributed by atoms with E-state index in [9.17, 15) is 4.79 Å². The van der Waals surface area contributed by atoms with Gasteiger partial charge in [0.1, 0.15) is 17.8 Å². The molecule has 5 nitrogen and oxygen atoms in total. The molecule has 2 aromatic carbocycles. The lowest BCUT2D eigenvalue weighted by Gasteiger charge is -2.22. The molecule has 1 atom stereocenters. The minimum atomic E-state index is -0.0994. The van der Waals surface area contributed by atoms with Gasteiger partial charge in [-0.05, 0) is 43.5 Å². The predicted molar refractivity (Wildman–Crippen MR) is 103 cm³/mol. The number of hydrogen-bond donors (Lipinski definition) is 1. The third kappa shape index (κ3) is 2.92. The van der Waals surface area contributed by atoms with Crippen LogP contribution in [0, 0.1) is 6.92 Å². The monoisotopic (exact) mass is 344 g/mol. The van der Waals surface area contributed by atoms with Crippen LogP contribution >= 0.6 is 0 Å². The number of anilines is 3. The minimum absolute atomic E-state index is 0.0994.